The number of nitrogens with one attached hydrogen (secondary N) is 1. The Kier molecular flexibility index (Phi) is 4.46. The van der Waals surface area contributed by atoms with Crippen LogP contribution in [0, 0.1) is 0 Å². The Hall–Kier alpha value is -1.84. The van der Waals surface area contributed by atoms with Gasteiger partial charge in [-0.3, -0.25) is 0 Å². The second-order valence-electron chi connectivity index (χ2n) is 5.23. The van der Waals surface area contributed by atoms with Crippen LogP contribution in [-0.2, 0) is 6.42 Å². The van der Waals surface area contributed by atoms with Crippen molar-refractivity contribution >= 4 is 39.9 Å². The van der Waals surface area contributed by atoms with E-state index in [4.69, 9.17) is 23.2 Å². The largest absolute Gasteiger partial charge is 0.367 e. The monoisotopic (exact) mass is 331 g/mol. The van der Waals surface area contributed by atoms with Crippen LogP contribution >= 0.6 is 23.2 Å². The van der Waals surface area contributed by atoms with Gasteiger partial charge in [0.25, 0.3) is 0 Å². The van der Waals surface area contributed by atoms with Crippen molar-refractivity contribution in [1.29, 1.82) is 0 Å². The van der Waals surface area contributed by atoms with Crippen molar-refractivity contribution in [2.75, 3.05) is 5.32 Å². The molecule has 0 aliphatic heterocycles. The van der Waals surface area contributed by atoms with E-state index in [1.807, 2.05) is 42.5 Å². The highest BCUT2D eigenvalue weighted by atomic mass is 35.5. The summed E-state index contributed by atoms with van der Waals surface area (Å²) in [5.41, 5.74) is 1.99. The van der Waals surface area contributed by atoms with E-state index in [2.05, 4.69) is 22.2 Å². The third-order valence-electron chi connectivity index (χ3n) is 3.45. The highest BCUT2D eigenvalue weighted by Gasteiger charge is 2.09. The molecular weight excluding hydrogens is 317 g/mol. The van der Waals surface area contributed by atoms with Gasteiger partial charge in [0.05, 0.1) is 10.5 Å². The smallest absolute Gasteiger partial charge is 0.137 e. The van der Waals surface area contributed by atoms with E-state index in [0.29, 0.717) is 5.02 Å². The van der Waals surface area contributed by atoms with Crippen molar-refractivity contribution in [3.8, 4) is 0 Å². The molecule has 3 rings (SSSR count). The predicted octanol–water partition coefficient (Wildman–Crippen LogP) is 4.98. The number of rotatable bonds is 4. The summed E-state index contributed by atoms with van der Waals surface area (Å²) in [5.74, 6) is 0.800. The molecule has 3 aromatic rings. The van der Waals surface area contributed by atoms with Crippen LogP contribution in [0.4, 0.5) is 5.82 Å². The molecule has 1 atom stereocenters. The number of nitrogens with zero attached hydrogens (tertiary/aromatic N) is 2. The first-order valence-electron chi connectivity index (χ1n) is 7.03. The topological polar surface area (TPSA) is 37.8 Å². The van der Waals surface area contributed by atoms with Crippen LogP contribution in [0.1, 0.15) is 12.5 Å². The van der Waals surface area contributed by atoms with Gasteiger partial charge in [-0.15, -0.1) is 0 Å². The summed E-state index contributed by atoms with van der Waals surface area (Å²) in [5, 5.41) is 5.74. The van der Waals surface area contributed by atoms with E-state index < -0.39 is 0 Å². The molecule has 0 saturated heterocycles. The molecule has 0 spiro atoms. The van der Waals surface area contributed by atoms with Crippen molar-refractivity contribution in [3.05, 3.63) is 64.4 Å². The summed E-state index contributed by atoms with van der Waals surface area (Å²) in [7, 11) is 0. The van der Waals surface area contributed by atoms with E-state index in [9.17, 15) is 0 Å². The van der Waals surface area contributed by atoms with Gasteiger partial charge in [0.15, 0.2) is 0 Å². The first kappa shape index (κ1) is 15.1. The van der Waals surface area contributed by atoms with Gasteiger partial charge in [-0.25, -0.2) is 9.97 Å². The van der Waals surface area contributed by atoms with E-state index >= 15 is 0 Å². The molecule has 0 bridgehead atoms. The fraction of sp³-hybridized carbons (Fsp3) is 0.176. The van der Waals surface area contributed by atoms with Crippen molar-refractivity contribution < 1.29 is 0 Å². The molecular formula is C17H15Cl2N3. The molecule has 112 valence electrons. The van der Waals surface area contributed by atoms with Gasteiger partial charge in [0, 0.05) is 16.5 Å². The average molecular weight is 332 g/mol. The standard InChI is InChI=1S/C17H15Cl2N3/c1-11(9-12-5-7-13(18)8-6-12)22-17-14-3-2-4-15(19)16(14)20-10-21-17/h2-8,10-11H,9H2,1H3,(H,20,21,22). The quantitative estimate of drug-likeness (QED) is 0.732. The first-order valence-corrected chi connectivity index (χ1v) is 7.79. The SMILES string of the molecule is CC(Cc1ccc(Cl)cc1)Nc1ncnc2c(Cl)cccc12. The zero-order chi connectivity index (χ0) is 15.5. The molecule has 3 nitrogen and oxygen atoms in total. The van der Waals surface area contributed by atoms with Gasteiger partial charge in [0.1, 0.15) is 12.1 Å². The van der Waals surface area contributed by atoms with E-state index in [1.165, 1.54) is 11.9 Å². The lowest BCUT2D eigenvalue weighted by Crippen LogP contribution is -2.19. The summed E-state index contributed by atoms with van der Waals surface area (Å²) in [4.78, 5) is 8.59. The summed E-state index contributed by atoms with van der Waals surface area (Å²) < 4.78 is 0. The Bertz CT molecular complexity index is 788. The fourth-order valence-electron chi connectivity index (χ4n) is 2.42. The minimum atomic E-state index is 0.221. The highest BCUT2D eigenvalue weighted by molar-refractivity contribution is 6.35. The van der Waals surface area contributed by atoms with Crippen molar-refractivity contribution in [2.24, 2.45) is 0 Å². The van der Waals surface area contributed by atoms with Gasteiger partial charge in [-0.2, -0.15) is 0 Å². The van der Waals surface area contributed by atoms with Gasteiger partial charge < -0.3 is 5.32 Å². The first-order chi connectivity index (χ1) is 10.6. The molecule has 0 fully saturated rings. The number of hydrogen-bond donors (Lipinski definition) is 1. The van der Waals surface area contributed by atoms with Gasteiger partial charge in [0.2, 0.25) is 0 Å². The Balaban J connectivity index is 1.81. The van der Waals surface area contributed by atoms with E-state index in [1.54, 1.807) is 0 Å². The van der Waals surface area contributed by atoms with Crippen LogP contribution in [0.5, 0.6) is 0 Å². The average Bonchev–Trinajstić information content (AvgIpc) is 2.51. The van der Waals surface area contributed by atoms with E-state index in [-0.39, 0.29) is 6.04 Å². The lowest BCUT2D eigenvalue weighted by atomic mass is 10.1. The predicted molar refractivity (Wildman–Crippen MR) is 92.8 cm³/mol. The molecule has 1 heterocycles. The number of fused-ring (bicyclic) bond motifs is 1. The molecule has 22 heavy (non-hydrogen) atoms. The zero-order valence-electron chi connectivity index (χ0n) is 12.1. The summed E-state index contributed by atoms with van der Waals surface area (Å²) in [6.45, 7) is 2.12. The zero-order valence-corrected chi connectivity index (χ0v) is 13.6. The third kappa shape index (κ3) is 3.32. The Morgan fingerprint density at radius 2 is 1.82 bits per heavy atom. The van der Waals surface area contributed by atoms with Crippen molar-refractivity contribution in [3.63, 3.8) is 0 Å². The minimum absolute atomic E-state index is 0.221. The molecule has 0 amide bonds. The number of hydrogen-bond acceptors (Lipinski definition) is 3. The van der Waals surface area contributed by atoms with Gasteiger partial charge >= 0.3 is 0 Å². The number of halogens is 2. The molecule has 0 saturated carbocycles. The van der Waals surface area contributed by atoms with Gasteiger partial charge in [-0.05, 0) is 43.2 Å². The number of para-hydroxylation sites is 1. The molecule has 0 aliphatic carbocycles. The Morgan fingerprint density at radius 3 is 2.59 bits per heavy atom. The van der Waals surface area contributed by atoms with Crippen LogP contribution in [-0.4, -0.2) is 16.0 Å². The van der Waals surface area contributed by atoms with E-state index in [0.717, 1.165) is 28.2 Å². The molecule has 0 radical (unpaired) electrons. The lowest BCUT2D eigenvalue weighted by molar-refractivity contribution is 0.785. The second kappa shape index (κ2) is 6.51. The maximum absolute atomic E-state index is 6.18. The van der Waals surface area contributed by atoms with Crippen LogP contribution in [0.25, 0.3) is 10.9 Å². The van der Waals surface area contributed by atoms with Crippen LogP contribution < -0.4 is 5.32 Å². The van der Waals surface area contributed by atoms with Crippen molar-refractivity contribution in [2.45, 2.75) is 19.4 Å². The number of aromatic nitrogens is 2. The van der Waals surface area contributed by atoms with Crippen molar-refractivity contribution in [1.82, 2.24) is 9.97 Å². The third-order valence-corrected chi connectivity index (χ3v) is 4.01. The van der Waals surface area contributed by atoms with Gasteiger partial charge in [-0.1, -0.05) is 41.4 Å². The maximum atomic E-state index is 6.18. The maximum Gasteiger partial charge on any atom is 0.137 e. The van der Waals surface area contributed by atoms with Crippen LogP contribution in [0.2, 0.25) is 10.0 Å². The highest BCUT2D eigenvalue weighted by Crippen LogP contribution is 2.26. The summed E-state index contributed by atoms with van der Waals surface area (Å²) in [6.07, 6.45) is 2.41. The number of benzene rings is 2. The van der Waals surface area contributed by atoms with Crippen LogP contribution in [0.15, 0.2) is 48.8 Å². The lowest BCUT2D eigenvalue weighted by Gasteiger charge is -2.16. The normalized spacial score (nSPS) is 12.3. The second-order valence-corrected chi connectivity index (χ2v) is 6.08. The summed E-state index contributed by atoms with van der Waals surface area (Å²) >= 11 is 12.1. The summed E-state index contributed by atoms with van der Waals surface area (Å²) in [6, 6.07) is 13.8. The molecule has 2 aromatic carbocycles. The molecule has 0 aliphatic rings. The van der Waals surface area contributed by atoms with Crippen LogP contribution in [0.3, 0.4) is 0 Å². The number of anilines is 1. The molecule has 1 aromatic heterocycles. The minimum Gasteiger partial charge on any atom is -0.367 e. The molecule has 5 heteroatoms. The molecule has 1 unspecified atom stereocenters. The Morgan fingerprint density at radius 1 is 1.05 bits per heavy atom. The molecule has 1 N–H and O–H groups in total. The fourth-order valence-corrected chi connectivity index (χ4v) is 2.77. The Labute approximate surface area is 139 Å².